The molecule has 2 aromatic carbocycles. The van der Waals surface area contributed by atoms with Crippen molar-refractivity contribution in [2.24, 2.45) is 5.92 Å². The van der Waals surface area contributed by atoms with Crippen LogP contribution < -0.4 is 10.2 Å². The van der Waals surface area contributed by atoms with Crippen molar-refractivity contribution in [2.45, 2.75) is 33.9 Å². The first-order chi connectivity index (χ1) is 11.1. The highest BCUT2D eigenvalue weighted by Crippen LogP contribution is 2.23. The largest absolute Gasteiger partial charge is 0.365 e. The highest BCUT2D eigenvalue weighted by molar-refractivity contribution is 5.50. The minimum atomic E-state index is -0.157. The van der Waals surface area contributed by atoms with Crippen LogP contribution in [-0.4, -0.2) is 13.1 Å². The van der Waals surface area contributed by atoms with E-state index in [4.69, 9.17) is 0 Å². The van der Waals surface area contributed by atoms with Gasteiger partial charge in [-0.2, -0.15) is 0 Å². The van der Waals surface area contributed by atoms with Crippen molar-refractivity contribution in [2.75, 3.05) is 18.0 Å². The minimum absolute atomic E-state index is 0.157. The molecule has 2 rings (SSSR count). The SMILES string of the molecule is CCN(Cc1ccccc1)c1cc(CNCC(C)C)ccc1F. The molecule has 2 aromatic rings. The van der Waals surface area contributed by atoms with Crippen molar-refractivity contribution in [1.29, 1.82) is 0 Å². The number of nitrogens with one attached hydrogen (secondary N) is 1. The summed E-state index contributed by atoms with van der Waals surface area (Å²) in [6.45, 7) is 9.66. The molecule has 0 saturated carbocycles. The van der Waals surface area contributed by atoms with Gasteiger partial charge in [0, 0.05) is 19.6 Å². The highest BCUT2D eigenvalue weighted by atomic mass is 19.1. The zero-order chi connectivity index (χ0) is 16.7. The Morgan fingerprint density at radius 1 is 1.04 bits per heavy atom. The Balaban J connectivity index is 2.12. The van der Waals surface area contributed by atoms with Crippen LogP contribution in [0.5, 0.6) is 0 Å². The molecule has 3 heteroatoms. The first kappa shape index (κ1) is 17.5. The zero-order valence-electron chi connectivity index (χ0n) is 14.3. The Hall–Kier alpha value is -1.87. The van der Waals surface area contributed by atoms with Crippen molar-refractivity contribution in [3.05, 3.63) is 65.5 Å². The van der Waals surface area contributed by atoms with E-state index in [1.807, 2.05) is 30.3 Å². The van der Waals surface area contributed by atoms with Gasteiger partial charge < -0.3 is 10.2 Å². The molecular weight excluding hydrogens is 287 g/mol. The number of anilines is 1. The molecule has 124 valence electrons. The second kappa shape index (κ2) is 8.68. The van der Waals surface area contributed by atoms with E-state index in [0.717, 1.165) is 31.7 Å². The van der Waals surface area contributed by atoms with Crippen LogP contribution in [0.2, 0.25) is 0 Å². The van der Waals surface area contributed by atoms with Crippen LogP contribution in [0.4, 0.5) is 10.1 Å². The molecule has 23 heavy (non-hydrogen) atoms. The summed E-state index contributed by atoms with van der Waals surface area (Å²) in [5, 5.41) is 3.41. The molecule has 0 aliphatic carbocycles. The van der Waals surface area contributed by atoms with Crippen molar-refractivity contribution >= 4 is 5.69 Å². The van der Waals surface area contributed by atoms with Gasteiger partial charge in [-0.25, -0.2) is 4.39 Å². The average Bonchev–Trinajstić information content (AvgIpc) is 2.55. The monoisotopic (exact) mass is 314 g/mol. The molecule has 0 aliphatic heterocycles. The lowest BCUT2D eigenvalue weighted by Gasteiger charge is -2.24. The van der Waals surface area contributed by atoms with Crippen LogP contribution in [0, 0.1) is 11.7 Å². The van der Waals surface area contributed by atoms with E-state index < -0.39 is 0 Å². The van der Waals surface area contributed by atoms with E-state index in [1.165, 1.54) is 5.56 Å². The van der Waals surface area contributed by atoms with Gasteiger partial charge in [0.05, 0.1) is 5.69 Å². The second-order valence-corrected chi connectivity index (χ2v) is 6.31. The Morgan fingerprint density at radius 3 is 2.43 bits per heavy atom. The van der Waals surface area contributed by atoms with Crippen molar-refractivity contribution in [1.82, 2.24) is 5.32 Å². The lowest BCUT2D eigenvalue weighted by molar-refractivity contribution is 0.551. The molecule has 0 atom stereocenters. The predicted molar refractivity (Wildman–Crippen MR) is 96.1 cm³/mol. The molecule has 2 nitrogen and oxygen atoms in total. The fourth-order valence-corrected chi connectivity index (χ4v) is 2.59. The fourth-order valence-electron chi connectivity index (χ4n) is 2.59. The minimum Gasteiger partial charge on any atom is -0.365 e. The molecule has 0 heterocycles. The summed E-state index contributed by atoms with van der Waals surface area (Å²) in [5.41, 5.74) is 2.99. The maximum atomic E-state index is 14.3. The quantitative estimate of drug-likeness (QED) is 0.766. The molecule has 0 aromatic heterocycles. The third-order valence-electron chi connectivity index (χ3n) is 3.83. The molecule has 0 saturated heterocycles. The third kappa shape index (κ3) is 5.36. The second-order valence-electron chi connectivity index (χ2n) is 6.31. The van der Waals surface area contributed by atoms with E-state index in [2.05, 4.69) is 43.1 Å². The molecule has 0 unspecified atom stereocenters. The van der Waals surface area contributed by atoms with E-state index in [9.17, 15) is 4.39 Å². The molecule has 0 fully saturated rings. The summed E-state index contributed by atoms with van der Waals surface area (Å²) in [7, 11) is 0. The maximum absolute atomic E-state index is 14.3. The van der Waals surface area contributed by atoms with Crippen LogP contribution in [0.15, 0.2) is 48.5 Å². The van der Waals surface area contributed by atoms with Crippen molar-refractivity contribution in [3.8, 4) is 0 Å². The Bertz CT molecular complexity index is 596. The van der Waals surface area contributed by atoms with E-state index in [1.54, 1.807) is 6.07 Å². The summed E-state index contributed by atoms with van der Waals surface area (Å²) < 4.78 is 14.3. The number of benzene rings is 2. The number of hydrogen-bond donors (Lipinski definition) is 1. The molecule has 0 amide bonds. The molecule has 0 aliphatic rings. The number of nitrogens with zero attached hydrogens (tertiary/aromatic N) is 1. The van der Waals surface area contributed by atoms with Crippen molar-refractivity contribution in [3.63, 3.8) is 0 Å². The van der Waals surface area contributed by atoms with E-state index >= 15 is 0 Å². The Labute approximate surface area is 139 Å². The first-order valence-electron chi connectivity index (χ1n) is 8.38. The molecule has 0 bridgehead atoms. The highest BCUT2D eigenvalue weighted by Gasteiger charge is 2.11. The Morgan fingerprint density at radius 2 is 1.78 bits per heavy atom. The van der Waals surface area contributed by atoms with Gasteiger partial charge in [-0.3, -0.25) is 0 Å². The van der Waals surface area contributed by atoms with Crippen LogP contribution in [-0.2, 0) is 13.1 Å². The summed E-state index contributed by atoms with van der Waals surface area (Å²) >= 11 is 0. The smallest absolute Gasteiger partial charge is 0.146 e. The Kier molecular flexibility index (Phi) is 6.60. The number of hydrogen-bond acceptors (Lipinski definition) is 2. The summed E-state index contributed by atoms with van der Waals surface area (Å²) in [6, 6.07) is 15.6. The van der Waals surface area contributed by atoms with Gasteiger partial charge in [0.1, 0.15) is 5.82 Å². The van der Waals surface area contributed by atoms with Gasteiger partial charge in [0.25, 0.3) is 0 Å². The van der Waals surface area contributed by atoms with Gasteiger partial charge in [-0.05, 0) is 42.6 Å². The normalized spacial score (nSPS) is 11.0. The van der Waals surface area contributed by atoms with Crippen molar-refractivity contribution < 1.29 is 4.39 Å². The maximum Gasteiger partial charge on any atom is 0.146 e. The van der Waals surface area contributed by atoms with Crippen LogP contribution in [0.1, 0.15) is 31.9 Å². The number of halogens is 1. The first-order valence-corrected chi connectivity index (χ1v) is 8.38. The third-order valence-corrected chi connectivity index (χ3v) is 3.83. The van der Waals surface area contributed by atoms with Crippen LogP contribution >= 0.6 is 0 Å². The molecular formula is C20H27FN2. The lowest BCUT2D eigenvalue weighted by Crippen LogP contribution is -2.24. The summed E-state index contributed by atoms with van der Waals surface area (Å²) in [4.78, 5) is 2.08. The van der Waals surface area contributed by atoms with Crippen LogP contribution in [0.25, 0.3) is 0 Å². The van der Waals surface area contributed by atoms with Gasteiger partial charge >= 0.3 is 0 Å². The average molecular weight is 314 g/mol. The van der Waals surface area contributed by atoms with E-state index in [0.29, 0.717) is 11.6 Å². The predicted octanol–water partition coefficient (Wildman–Crippen LogP) is 4.60. The fraction of sp³-hybridized carbons (Fsp3) is 0.400. The molecule has 1 N–H and O–H groups in total. The lowest BCUT2D eigenvalue weighted by atomic mass is 10.1. The topological polar surface area (TPSA) is 15.3 Å². The van der Waals surface area contributed by atoms with Gasteiger partial charge in [-0.1, -0.05) is 50.2 Å². The van der Waals surface area contributed by atoms with Gasteiger partial charge in [0.15, 0.2) is 0 Å². The summed E-state index contributed by atoms with van der Waals surface area (Å²) in [5.74, 6) is 0.454. The number of rotatable bonds is 8. The van der Waals surface area contributed by atoms with Gasteiger partial charge in [0.2, 0.25) is 0 Å². The van der Waals surface area contributed by atoms with Crippen LogP contribution in [0.3, 0.4) is 0 Å². The van der Waals surface area contributed by atoms with Gasteiger partial charge in [-0.15, -0.1) is 0 Å². The summed E-state index contributed by atoms with van der Waals surface area (Å²) in [6.07, 6.45) is 0. The standard InChI is InChI=1S/C20H27FN2/c1-4-23(15-17-8-6-5-7-9-17)20-12-18(10-11-19(20)21)14-22-13-16(2)3/h5-12,16,22H,4,13-15H2,1-3H3. The molecule has 0 radical (unpaired) electrons. The van der Waals surface area contributed by atoms with E-state index in [-0.39, 0.29) is 5.82 Å². The zero-order valence-corrected chi connectivity index (χ0v) is 14.3. The molecule has 0 spiro atoms.